The Morgan fingerprint density at radius 3 is 1.68 bits per heavy atom. The zero-order valence-electron chi connectivity index (χ0n) is 15.7. The highest BCUT2D eigenvalue weighted by Crippen LogP contribution is 2.24. The average molecular weight is 376 g/mol. The molecule has 0 aliphatic carbocycles. The second kappa shape index (κ2) is 8.86. The second-order valence-corrected chi connectivity index (χ2v) is 5.94. The van der Waals surface area contributed by atoms with Gasteiger partial charge in [-0.05, 0) is 66.6 Å². The summed E-state index contributed by atoms with van der Waals surface area (Å²) in [6.07, 6.45) is 0. The molecule has 0 unspecified atom stereocenters. The van der Waals surface area contributed by atoms with E-state index < -0.39 is 5.97 Å². The molecular weight excluding hydrogens is 356 g/mol. The molecule has 0 saturated heterocycles. The number of ether oxygens (including phenoxy) is 3. The highest BCUT2D eigenvalue weighted by Gasteiger charge is 2.10. The molecule has 0 amide bonds. The maximum absolute atomic E-state index is 12.3. The first kappa shape index (κ1) is 19.2. The Labute approximate surface area is 163 Å². The third-order valence-electron chi connectivity index (χ3n) is 4.11. The van der Waals surface area contributed by atoms with E-state index in [0.29, 0.717) is 29.2 Å². The minimum atomic E-state index is -0.432. The summed E-state index contributed by atoms with van der Waals surface area (Å²) < 4.78 is 15.5. The van der Waals surface area contributed by atoms with Gasteiger partial charge in [-0.1, -0.05) is 24.3 Å². The third-order valence-corrected chi connectivity index (χ3v) is 4.11. The number of hydrogen-bond acceptors (Lipinski definition) is 5. The van der Waals surface area contributed by atoms with E-state index in [2.05, 4.69) is 0 Å². The van der Waals surface area contributed by atoms with Gasteiger partial charge in [-0.25, -0.2) is 9.59 Å². The number of carbonyl (C=O) groups is 2. The monoisotopic (exact) mass is 376 g/mol. The quantitative estimate of drug-likeness (QED) is 0.459. The zero-order valence-corrected chi connectivity index (χ0v) is 15.7. The number of carbonyl (C=O) groups excluding carboxylic acids is 2. The fraction of sp³-hybridized carbons (Fsp3) is 0.130. The Hall–Kier alpha value is -3.60. The molecule has 0 atom stereocenters. The van der Waals surface area contributed by atoms with E-state index in [0.717, 1.165) is 11.1 Å². The average Bonchev–Trinajstić information content (AvgIpc) is 2.74. The van der Waals surface area contributed by atoms with Gasteiger partial charge >= 0.3 is 11.9 Å². The molecule has 0 aliphatic rings. The third kappa shape index (κ3) is 4.57. The van der Waals surface area contributed by atoms with Gasteiger partial charge in [0.05, 0.1) is 24.8 Å². The Balaban J connectivity index is 1.67. The molecule has 0 aromatic heterocycles. The zero-order chi connectivity index (χ0) is 19.9. The fourth-order valence-corrected chi connectivity index (χ4v) is 2.65. The number of hydrogen-bond donors (Lipinski definition) is 0. The van der Waals surface area contributed by atoms with Crippen LogP contribution in [0.5, 0.6) is 11.5 Å². The highest BCUT2D eigenvalue weighted by atomic mass is 16.5. The molecule has 0 spiro atoms. The van der Waals surface area contributed by atoms with E-state index in [9.17, 15) is 9.59 Å². The Morgan fingerprint density at radius 1 is 0.679 bits per heavy atom. The van der Waals surface area contributed by atoms with Crippen molar-refractivity contribution in [3.8, 4) is 22.6 Å². The molecular formula is C23H20O5. The number of methoxy groups -OCH3 is 1. The van der Waals surface area contributed by atoms with Gasteiger partial charge in [0.25, 0.3) is 0 Å². The van der Waals surface area contributed by atoms with Gasteiger partial charge in [0.15, 0.2) is 0 Å². The van der Waals surface area contributed by atoms with Gasteiger partial charge < -0.3 is 14.2 Å². The van der Waals surface area contributed by atoms with Crippen LogP contribution in [0.3, 0.4) is 0 Å². The van der Waals surface area contributed by atoms with Crippen LogP contribution < -0.4 is 9.47 Å². The summed E-state index contributed by atoms with van der Waals surface area (Å²) >= 11 is 0. The van der Waals surface area contributed by atoms with Crippen LogP contribution in [0, 0.1) is 0 Å². The summed E-state index contributed by atoms with van der Waals surface area (Å²) in [7, 11) is 1.35. The Bertz CT molecular complexity index is 942. The summed E-state index contributed by atoms with van der Waals surface area (Å²) in [5, 5.41) is 0. The molecule has 0 heterocycles. The largest absolute Gasteiger partial charge is 0.494 e. The van der Waals surface area contributed by atoms with Crippen molar-refractivity contribution < 1.29 is 23.8 Å². The van der Waals surface area contributed by atoms with Crippen LogP contribution in [0.1, 0.15) is 27.6 Å². The van der Waals surface area contributed by atoms with Crippen molar-refractivity contribution in [2.75, 3.05) is 13.7 Å². The molecule has 3 rings (SSSR count). The van der Waals surface area contributed by atoms with Crippen molar-refractivity contribution in [2.24, 2.45) is 0 Å². The topological polar surface area (TPSA) is 61.8 Å². The maximum atomic E-state index is 12.3. The van der Waals surface area contributed by atoms with Gasteiger partial charge in [-0.15, -0.1) is 0 Å². The minimum Gasteiger partial charge on any atom is -0.494 e. The van der Waals surface area contributed by atoms with Gasteiger partial charge in [0.1, 0.15) is 11.5 Å². The summed E-state index contributed by atoms with van der Waals surface area (Å²) in [6, 6.07) is 21.1. The fourth-order valence-electron chi connectivity index (χ4n) is 2.65. The van der Waals surface area contributed by atoms with Gasteiger partial charge in [-0.3, -0.25) is 0 Å². The minimum absolute atomic E-state index is 0.372. The molecule has 28 heavy (non-hydrogen) atoms. The number of rotatable bonds is 6. The van der Waals surface area contributed by atoms with Crippen molar-refractivity contribution in [1.29, 1.82) is 0 Å². The van der Waals surface area contributed by atoms with Crippen LogP contribution in [-0.2, 0) is 4.74 Å². The lowest BCUT2D eigenvalue weighted by atomic mass is 10.0. The smallest absolute Gasteiger partial charge is 0.343 e. The van der Waals surface area contributed by atoms with E-state index in [-0.39, 0.29) is 5.97 Å². The van der Waals surface area contributed by atoms with Gasteiger partial charge in [0, 0.05) is 0 Å². The highest BCUT2D eigenvalue weighted by molar-refractivity contribution is 5.91. The molecule has 0 saturated carbocycles. The predicted octanol–water partition coefficient (Wildman–Crippen LogP) is 4.76. The van der Waals surface area contributed by atoms with Crippen molar-refractivity contribution in [1.82, 2.24) is 0 Å². The summed E-state index contributed by atoms with van der Waals surface area (Å²) in [5.74, 6) is 0.358. The molecule has 5 nitrogen and oxygen atoms in total. The van der Waals surface area contributed by atoms with Crippen molar-refractivity contribution in [3.05, 3.63) is 83.9 Å². The Morgan fingerprint density at radius 2 is 1.14 bits per heavy atom. The molecule has 0 aliphatic heterocycles. The summed E-state index contributed by atoms with van der Waals surface area (Å²) in [6.45, 7) is 2.47. The molecule has 0 bridgehead atoms. The van der Waals surface area contributed by atoms with Crippen LogP contribution >= 0.6 is 0 Å². The molecule has 3 aromatic rings. The van der Waals surface area contributed by atoms with Crippen LogP contribution in [0.4, 0.5) is 0 Å². The van der Waals surface area contributed by atoms with Crippen LogP contribution in [-0.4, -0.2) is 25.7 Å². The maximum Gasteiger partial charge on any atom is 0.343 e. The summed E-state index contributed by atoms with van der Waals surface area (Å²) in [4.78, 5) is 23.8. The SMILES string of the molecule is CCOc1ccc(C(=O)Oc2ccc(-c3ccc(C(=O)OC)cc3)cc2)cc1. The van der Waals surface area contributed by atoms with E-state index >= 15 is 0 Å². The van der Waals surface area contributed by atoms with Crippen LogP contribution in [0.15, 0.2) is 72.8 Å². The Kier molecular flexibility index (Phi) is 6.07. The van der Waals surface area contributed by atoms with Gasteiger partial charge in [-0.2, -0.15) is 0 Å². The predicted molar refractivity (Wildman–Crippen MR) is 106 cm³/mol. The molecule has 142 valence electrons. The lowest BCUT2D eigenvalue weighted by molar-refractivity contribution is 0.0600. The molecule has 0 fully saturated rings. The molecule has 0 N–H and O–H groups in total. The lowest BCUT2D eigenvalue weighted by Crippen LogP contribution is -2.08. The number of benzene rings is 3. The molecule has 0 radical (unpaired) electrons. The van der Waals surface area contributed by atoms with Crippen molar-refractivity contribution in [3.63, 3.8) is 0 Å². The van der Waals surface area contributed by atoms with E-state index in [1.165, 1.54) is 7.11 Å². The van der Waals surface area contributed by atoms with E-state index in [1.54, 1.807) is 48.5 Å². The van der Waals surface area contributed by atoms with Crippen LogP contribution in [0.2, 0.25) is 0 Å². The molecule has 3 aromatic carbocycles. The second-order valence-electron chi connectivity index (χ2n) is 5.94. The first-order chi connectivity index (χ1) is 13.6. The standard InChI is InChI=1S/C23H20O5/c1-3-27-20-12-10-19(11-13-20)23(25)28-21-14-8-17(9-15-21)16-4-6-18(7-5-16)22(24)26-2/h4-15H,3H2,1-2H3. The lowest BCUT2D eigenvalue weighted by Gasteiger charge is -2.08. The molecule has 5 heteroatoms. The number of esters is 2. The van der Waals surface area contributed by atoms with Crippen molar-refractivity contribution in [2.45, 2.75) is 6.92 Å². The first-order valence-electron chi connectivity index (χ1n) is 8.84. The van der Waals surface area contributed by atoms with Gasteiger partial charge in [0.2, 0.25) is 0 Å². The summed E-state index contributed by atoms with van der Waals surface area (Å²) in [5.41, 5.74) is 2.83. The van der Waals surface area contributed by atoms with E-state index in [1.807, 2.05) is 31.2 Å². The van der Waals surface area contributed by atoms with Crippen LogP contribution in [0.25, 0.3) is 11.1 Å². The van der Waals surface area contributed by atoms with Crippen molar-refractivity contribution >= 4 is 11.9 Å². The van der Waals surface area contributed by atoms with E-state index in [4.69, 9.17) is 14.2 Å². The normalized spacial score (nSPS) is 10.2. The first-order valence-corrected chi connectivity index (χ1v) is 8.84.